The van der Waals surface area contributed by atoms with Gasteiger partial charge >= 0.3 is 0 Å². The summed E-state index contributed by atoms with van der Waals surface area (Å²) in [4.78, 5) is 13.6. The molecule has 0 bridgehead atoms. The maximum atomic E-state index is 13.6. The molecule has 4 rings (SSSR count). The Kier molecular flexibility index (Phi) is 7.62. The summed E-state index contributed by atoms with van der Waals surface area (Å²) in [6, 6.07) is 20.8. The highest BCUT2D eigenvalue weighted by atomic mass is 32.1. The van der Waals surface area contributed by atoms with Gasteiger partial charge in [-0.3, -0.25) is 9.36 Å². The summed E-state index contributed by atoms with van der Waals surface area (Å²) in [6.07, 6.45) is 1.82. The maximum absolute atomic E-state index is 13.6. The molecule has 0 radical (unpaired) electrons. The first kappa shape index (κ1) is 25.6. The maximum Gasteiger partial charge on any atom is 0.273 e. The van der Waals surface area contributed by atoms with Crippen LogP contribution in [0.15, 0.2) is 59.4 Å². The van der Waals surface area contributed by atoms with Crippen LogP contribution in [0.3, 0.4) is 0 Å². The van der Waals surface area contributed by atoms with E-state index in [0.29, 0.717) is 33.8 Å². The Morgan fingerprint density at radius 1 is 0.892 bits per heavy atom. The van der Waals surface area contributed by atoms with Gasteiger partial charge in [0.05, 0.1) is 23.4 Å². The zero-order valence-corrected chi connectivity index (χ0v) is 21.9. The highest BCUT2D eigenvalue weighted by Crippen LogP contribution is 2.23. The Hall–Kier alpha value is -4.53. The molecule has 0 saturated heterocycles. The van der Waals surface area contributed by atoms with Crippen molar-refractivity contribution in [1.82, 2.24) is 9.13 Å². The number of aromatic nitrogens is 2. The predicted octanol–water partition coefficient (Wildman–Crippen LogP) is 4.13. The second kappa shape index (κ2) is 11.0. The number of thiazole rings is 1. The molecular formula is C29H26N4O3S. The van der Waals surface area contributed by atoms with Gasteiger partial charge in [-0.25, -0.2) is 0 Å². The highest BCUT2D eigenvalue weighted by molar-refractivity contribution is 7.07. The Balaban J connectivity index is 1.88. The molecule has 2 aromatic heterocycles. The van der Waals surface area contributed by atoms with Gasteiger partial charge in [0, 0.05) is 17.1 Å². The van der Waals surface area contributed by atoms with Crippen LogP contribution in [0, 0.1) is 36.5 Å². The smallest absolute Gasteiger partial charge is 0.273 e. The quantitative estimate of drug-likeness (QED) is 0.373. The monoisotopic (exact) mass is 510 g/mol. The second-order valence-corrected chi connectivity index (χ2v) is 9.20. The van der Waals surface area contributed by atoms with E-state index in [4.69, 9.17) is 9.47 Å². The molecule has 4 aromatic rings. The SMILES string of the molecule is CCOc1ccc(-n2c(C)cc(C=c3sc(=C(C#N)C#N)n(-c4ccc(OCC)cc4)c3=O)c2C)cc1. The molecule has 2 heterocycles. The fourth-order valence-corrected chi connectivity index (χ4v) is 5.24. The van der Waals surface area contributed by atoms with Gasteiger partial charge in [-0.15, -0.1) is 11.3 Å². The average molecular weight is 511 g/mol. The second-order valence-electron chi connectivity index (χ2n) is 8.17. The molecule has 7 nitrogen and oxygen atoms in total. The van der Waals surface area contributed by atoms with Crippen LogP contribution in [0.25, 0.3) is 23.0 Å². The van der Waals surface area contributed by atoms with Gasteiger partial charge in [-0.2, -0.15) is 10.5 Å². The van der Waals surface area contributed by atoms with Crippen LogP contribution in [-0.2, 0) is 0 Å². The van der Waals surface area contributed by atoms with Crippen LogP contribution in [0.2, 0.25) is 0 Å². The fraction of sp³-hybridized carbons (Fsp3) is 0.207. The third kappa shape index (κ3) is 5.06. The molecule has 0 saturated carbocycles. The third-order valence-corrected chi connectivity index (χ3v) is 6.92. The van der Waals surface area contributed by atoms with E-state index in [1.54, 1.807) is 24.3 Å². The Morgan fingerprint density at radius 3 is 1.89 bits per heavy atom. The van der Waals surface area contributed by atoms with Crippen LogP contribution >= 0.6 is 11.3 Å². The first-order valence-electron chi connectivity index (χ1n) is 11.8. The van der Waals surface area contributed by atoms with E-state index in [0.717, 1.165) is 39.7 Å². The van der Waals surface area contributed by atoms with E-state index >= 15 is 0 Å². The van der Waals surface area contributed by atoms with Gasteiger partial charge in [0.2, 0.25) is 0 Å². The molecule has 37 heavy (non-hydrogen) atoms. The standard InChI is InChI=1S/C29H26N4O3S/c1-5-35-25-11-7-23(8-12-25)32-19(3)15-21(20(32)4)16-27-28(34)33(29(37-27)22(17-30)18-31)24-9-13-26(14-10-24)36-6-2/h7-16H,5-6H2,1-4H3. The van der Waals surface area contributed by atoms with Crippen LogP contribution in [0.5, 0.6) is 11.5 Å². The van der Waals surface area contributed by atoms with Crippen LogP contribution in [-0.4, -0.2) is 22.3 Å². The summed E-state index contributed by atoms with van der Waals surface area (Å²) >= 11 is 1.13. The van der Waals surface area contributed by atoms with Gasteiger partial charge in [0.1, 0.15) is 28.3 Å². The predicted molar refractivity (Wildman–Crippen MR) is 145 cm³/mol. The average Bonchev–Trinajstić information content (AvgIpc) is 3.36. The number of hydrogen-bond acceptors (Lipinski definition) is 6. The lowest BCUT2D eigenvalue weighted by atomic mass is 10.2. The fourth-order valence-electron chi connectivity index (χ4n) is 4.19. The minimum atomic E-state index is -0.293. The van der Waals surface area contributed by atoms with Crippen molar-refractivity contribution in [2.45, 2.75) is 27.7 Å². The summed E-state index contributed by atoms with van der Waals surface area (Å²) in [7, 11) is 0. The molecule has 0 unspecified atom stereocenters. The van der Waals surface area contributed by atoms with E-state index in [9.17, 15) is 15.3 Å². The largest absolute Gasteiger partial charge is 0.494 e. The molecule has 0 fully saturated rings. The van der Waals surface area contributed by atoms with E-state index in [1.165, 1.54) is 4.57 Å². The van der Waals surface area contributed by atoms with Crippen molar-refractivity contribution < 1.29 is 9.47 Å². The highest BCUT2D eigenvalue weighted by Gasteiger charge is 2.14. The molecule has 0 spiro atoms. The molecule has 2 aromatic carbocycles. The van der Waals surface area contributed by atoms with Crippen molar-refractivity contribution >= 4 is 23.0 Å². The third-order valence-electron chi connectivity index (χ3n) is 5.83. The van der Waals surface area contributed by atoms with Gasteiger partial charge in [0.15, 0.2) is 5.57 Å². The molecular weight excluding hydrogens is 484 g/mol. The van der Waals surface area contributed by atoms with Crippen molar-refractivity contribution in [2.75, 3.05) is 13.2 Å². The minimum Gasteiger partial charge on any atom is -0.494 e. The van der Waals surface area contributed by atoms with Crippen molar-refractivity contribution in [3.63, 3.8) is 0 Å². The van der Waals surface area contributed by atoms with Gasteiger partial charge < -0.3 is 14.0 Å². The van der Waals surface area contributed by atoms with Crippen molar-refractivity contribution in [1.29, 1.82) is 10.5 Å². The van der Waals surface area contributed by atoms with Crippen molar-refractivity contribution in [3.8, 4) is 35.0 Å². The molecule has 186 valence electrons. The summed E-state index contributed by atoms with van der Waals surface area (Å²) in [6.45, 7) is 8.98. The number of aryl methyl sites for hydroxylation is 1. The van der Waals surface area contributed by atoms with Gasteiger partial charge in [-0.05, 0) is 93.9 Å². The molecule has 0 aliphatic heterocycles. The van der Waals surface area contributed by atoms with E-state index < -0.39 is 0 Å². The summed E-state index contributed by atoms with van der Waals surface area (Å²) in [5, 5.41) is 19.1. The molecule has 0 N–H and O–H groups in total. The van der Waals surface area contributed by atoms with Crippen LogP contribution < -0.4 is 24.2 Å². The molecule has 0 atom stereocenters. The summed E-state index contributed by atoms with van der Waals surface area (Å²) in [5.74, 6) is 1.48. The number of rotatable bonds is 7. The minimum absolute atomic E-state index is 0.115. The van der Waals surface area contributed by atoms with E-state index in [-0.39, 0.29) is 11.1 Å². The Labute approximate surface area is 219 Å². The lowest BCUT2D eigenvalue weighted by molar-refractivity contribution is 0.340. The number of nitrogens with zero attached hydrogens (tertiary/aromatic N) is 4. The van der Waals surface area contributed by atoms with Crippen LogP contribution in [0.4, 0.5) is 0 Å². The van der Waals surface area contributed by atoms with E-state index in [2.05, 4.69) is 4.57 Å². The lowest BCUT2D eigenvalue weighted by Crippen LogP contribution is -2.30. The van der Waals surface area contributed by atoms with Gasteiger partial charge in [0.25, 0.3) is 5.56 Å². The normalized spacial score (nSPS) is 11.1. The zero-order valence-electron chi connectivity index (χ0n) is 21.1. The number of ether oxygens (including phenoxy) is 2. The van der Waals surface area contributed by atoms with Crippen molar-refractivity contribution in [3.05, 3.63) is 91.1 Å². The van der Waals surface area contributed by atoms with Gasteiger partial charge in [-0.1, -0.05) is 0 Å². The molecule has 8 heteroatoms. The number of benzene rings is 2. The Bertz CT molecular complexity index is 1680. The molecule has 0 amide bonds. The number of hydrogen-bond donors (Lipinski definition) is 0. The molecule has 0 aliphatic rings. The topological polar surface area (TPSA) is 93.0 Å². The number of nitriles is 2. The summed E-state index contributed by atoms with van der Waals surface area (Å²) in [5.41, 5.74) is 3.99. The lowest BCUT2D eigenvalue weighted by Gasteiger charge is -2.11. The first-order valence-corrected chi connectivity index (χ1v) is 12.7. The zero-order chi connectivity index (χ0) is 26.5. The molecule has 0 aliphatic carbocycles. The van der Waals surface area contributed by atoms with E-state index in [1.807, 2.05) is 76.2 Å². The Morgan fingerprint density at radius 2 is 1.41 bits per heavy atom. The first-order chi connectivity index (χ1) is 17.9. The van der Waals surface area contributed by atoms with Crippen molar-refractivity contribution in [2.24, 2.45) is 0 Å². The summed E-state index contributed by atoms with van der Waals surface area (Å²) < 4.78 is 15.3. The van der Waals surface area contributed by atoms with Crippen LogP contribution in [0.1, 0.15) is 30.8 Å².